The first-order chi connectivity index (χ1) is 21.1. The fraction of sp³-hybridized carbons (Fsp3) is 0.200. The van der Waals surface area contributed by atoms with Crippen LogP contribution in [0, 0.1) is 5.82 Å². The lowest BCUT2D eigenvalue weighted by molar-refractivity contribution is 0.0588. The maximum absolute atomic E-state index is 14.1. The molecule has 0 radical (unpaired) electrons. The number of hydrogen-bond acceptors (Lipinski definition) is 5. The van der Waals surface area contributed by atoms with Gasteiger partial charge in [0, 0.05) is 37.8 Å². The lowest BCUT2D eigenvalue weighted by atomic mass is 9.96. The summed E-state index contributed by atoms with van der Waals surface area (Å²) in [5, 5.41) is 4.80. The second-order valence-electron chi connectivity index (χ2n) is 10.4. The number of carbonyl (C=O) groups is 1. The van der Waals surface area contributed by atoms with Gasteiger partial charge in [0.25, 0.3) is 5.91 Å². The summed E-state index contributed by atoms with van der Waals surface area (Å²) in [5.41, 5.74) is 4.73. The van der Waals surface area contributed by atoms with Crippen molar-refractivity contribution in [3.05, 3.63) is 132 Å². The van der Waals surface area contributed by atoms with Crippen LogP contribution in [0.2, 0.25) is 0 Å². The molecule has 1 saturated heterocycles. The molecule has 8 heteroatoms. The molecule has 1 aliphatic heterocycles. The third-order valence-electron chi connectivity index (χ3n) is 7.88. The molecule has 0 aliphatic carbocycles. The third kappa shape index (κ3) is 5.87. The maximum atomic E-state index is 14.1. The van der Waals surface area contributed by atoms with Crippen molar-refractivity contribution in [3.8, 4) is 28.4 Å². The van der Waals surface area contributed by atoms with Crippen LogP contribution in [-0.2, 0) is 0 Å². The highest BCUT2D eigenvalue weighted by molar-refractivity contribution is 5.94. The highest BCUT2D eigenvalue weighted by atomic mass is 19.1. The normalized spacial score (nSPS) is 13.7. The number of nitrogens with zero attached hydrogens (tertiary/aromatic N) is 4. The van der Waals surface area contributed by atoms with Gasteiger partial charge in [-0.15, -0.1) is 0 Å². The molecule has 43 heavy (non-hydrogen) atoms. The fourth-order valence-corrected chi connectivity index (χ4v) is 5.68. The van der Waals surface area contributed by atoms with Gasteiger partial charge in [0.2, 0.25) is 0 Å². The van der Waals surface area contributed by atoms with Gasteiger partial charge in [0.05, 0.1) is 31.6 Å². The number of rotatable bonds is 8. The van der Waals surface area contributed by atoms with E-state index in [2.05, 4.69) is 53.4 Å². The Labute approximate surface area is 250 Å². The predicted octanol–water partition coefficient (Wildman–Crippen LogP) is 6.24. The second-order valence-corrected chi connectivity index (χ2v) is 10.4. The summed E-state index contributed by atoms with van der Waals surface area (Å²) in [6, 6.07) is 34.3. The van der Waals surface area contributed by atoms with Crippen molar-refractivity contribution in [1.82, 2.24) is 19.6 Å². The molecule has 0 unspecified atom stereocenters. The van der Waals surface area contributed by atoms with E-state index in [1.54, 1.807) is 43.2 Å². The van der Waals surface area contributed by atoms with Crippen LogP contribution in [0.3, 0.4) is 0 Å². The van der Waals surface area contributed by atoms with Crippen molar-refractivity contribution in [3.63, 3.8) is 0 Å². The molecule has 0 N–H and O–H groups in total. The van der Waals surface area contributed by atoms with Crippen LogP contribution in [-0.4, -0.2) is 65.9 Å². The van der Waals surface area contributed by atoms with E-state index in [0.29, 0.717) is 54.8 Å². The minimum Gasteiger partial charge on any atom is -0.497 e. The molecule has 2 heterocycles. The Hall–Kier alpha value is -4.95. The number of amides is 1. The molecular weight excluding hydrogens is 543 g/mol. The van der Waals surface area contributed by atoms with E-state index in [1.807, 2.05) is 29.2 Å². The van der Waals surface area contributed by atoms with Gasteiger partial charge in [-0.1, -0.05) is 60.7 Å². The average Bonchev–Trinajstić information content (AvgIpc) is 3.51. The number of methoxy groups -OCH3 is 2. The first-order valence-electron chi connectivity index (χ1n) is 14.3. The number of hydrogen-bond donors (Lipinski definition) is 0. The van der Waals surface area contributed by atoms with Gasteiger partial charge in [-0.2, -0.15) is 5.10 Å². The van der Waals surface area contributed by atoms with Gasteiger partial charge in [-0.3, -0.25) is 9.69 Å². The first-order valence-corrected chi connectivity index (χ1v) is 14.3. The summed E-state index contributed by atoms with van der Waals surface area (Å²) < 4.78 is 26.4. The summed E-state index contributed by atoms with van der Waals surface area (Å²) in [7, 11) is 3.18. The van der Waals surface area contributed by atoms with E-state index in [0.717, 1.165) is 5.56 Å². The van der Waals surface area contributed by atoms with Gasteiger partial charge in [-0.25, -0.2) is 9.07 Å². The molecule has 218 valence electrons. The van der Waals surface area contributed by atoms with Crippen LogP contribution in [0.4, 0.5) is 4.39 Å². The summed E-state index contributed by atoms with van der Waals surface area (Å²) >= 11 is 0. The van der Waals surface area contributed by atoms with Gasteiger partial charge >= 0.3 is 0 Å². The van der Waals surface area contributed by atoms with Crippen LogP contribution in [0.5, 0.6) is 11.5 Å². The van der Waals surface area contributed by atoms with Gasteiger partial charge in [0.1, 0.15) is 23.0 Å². The molecule has 0 atom stereocenters. The Morgan fingerprint density at radius 1 is 0.767 bits per heavy atom. The summed E-state index contributed by atoms with van der Waals surface area (Å²) in [6.07, 6.45) is 0. The van der Waals surface area contributed by atoms with Crippen LogP contribution >= 0.6 is 0 Å². The standard InChI is InChI=1S/C35H33FN4O3/c1-42-29-17-18-30(33(23-29)43-2)31-24-32(40(37-31)28-15-13-27(36)14-16-28)35(41)39-21-19-38(20-22-39)34(25-9-5-3-6-10-25)26-11-7-4-8-12-26/h3-18,23-24,34H,19-22H2,1-2H3. The van der Waals surface area contributed by atoms with Crippen molar-refractivity contribution >= 4 is 5.91 Å². The zero-order valence-electron chi connectivity index (χ0n) is 24.2. The van der Waals surface area contributed by atoms with E-state index >= 15 is 0 Å². The first kappa shape index (κ1) is 28.2. The largest absolute Gasteiger partial charge is 0.497 e. The Bertz CT molecular complexity index is 1640. The maximum Gasteiger partial charge on any atom is 0.272 e. The van der Waals surface area contributed by atoms with Crippen LogP contribution in [0.15, 0.2) is 109 Å². The van der Waals surface area contributed by atoms with Crippen LogP contribution in [0.1, 0.15) is 27.7 Å². The third-order valence-corrected chi connectivity index (χ3v) is 7.88. The SMILES string of the molecule is COc1ccc(-c2cc(C(=O)N3CCN(C(c4ccccc4)c4ccccc4)CC3)n(-c3ccc(F)cc3)n2)c(OC)c1. The molecule has 1 aliphatic rings. The number of carbonyl (C=O) groups excluding carboxylic acids is 1. The molecule has 1 aromatic heterocycles. The van der Waals surface area contributed by atoms with E-state index in [4.69, 9.17) is 14.6 Å². The van der Waals surface area contributed by atoms with E-state index in [9.17, 15) is 9.18 Å². The Kier molecular flexibility index (Phi) is 8.20. The molecule has 7 nitrogen and oxygen atoms in total. The van der Waals surface area contributed by atoms with Crippen molar-refractivity contribution < 1.29 is 18.7 Å². The zero-order chi connectivity index (χ0) is 29.8. The van der Waals surface area contributed by atoms with Gasteiger partial charge < -0.3 is 14.4 Å². The lowest BCUT2D eigenvalue weighted by Gasteiger charge is -2.39. The van der Waals surface area contributed by atoms with Crippen molar-refractivity contribution in [2.24, 2.45) is 0 Å². The average molecular weight is 577 g/mol. The molecule has 6 rings (SSSR count). The number of halogens is 1. The summed E-state index contributed by atoms with van der Waals surface area (Å²) in [6.45, 7) is 2.55. The second kappa shape index (κ2) is 12.5. The highest BCUT2D eigenvalue weighted by Crippen LogP contribution is 2.34. The number of ether oxygens (including phenoxy) is 2. The molecule has 0 spiro atoms. The molecule has 5 aromatic rings. The quantitative estimate of drug-likeness (QED) is 0.219. The van der Waals surface area contributed by atoms with E-state index < -0.39 is 0 Å². The summed E-state index contributed by atoms with van der Waals surface area (Å²) in [5.74, 6) is 0.732. The number of benzene rings is 4. The summed E-state index contributed by atoms with van der Waals surface area (Å²) in [4.78, 5) is 18.4. The molecule has 0 bridgehead atoms. The predicted molar refractivity (Wildman–Crippen MR) is 164 cm³/mol. The van der Waals surface area contributed by atoms with Gasteiger partial charge in [-0.05, 0) is 53.6 Å². The van der Waals surface area contributed by atoms with E-state index in [-0.39, 0.29) is 17.8 Å². The molecule has 4 aromatic carbocycles. The van der Waals surface area contributed by atoms with Crippen molar-refractivity contribution in [2.45, 2.75) is 6.04 Å². The monoisotopic (exact) mass is 576 g/mol. The fourth-order valence-electron chi connectivity index (χ4n) is 5.68. The Morgan fingerprint density at radius 2 is 1.40 bits per heavy atom. The zero-order valence-corrected chi connectivity index (χ0v) is 24.2. The van der Waals surface area contributed by atoms with Crippen molar-refractivity contribution in [2.75, 3.05) is 40.4 Å². The van der Waals surface area contributed by atoms with Gasteiger partial charge in [0.15, 0.2) is 0 Å². The van der Waals surface area contributed by atoms with E-state index in [1.165, 1.54) is 23.3 Å². The number of aromatic nitrogens is 2. The van der Waals surface area contributed by atoms with Crippen LogP contribution in [0.25, 0.3) is 16.9 Å². The molecular formula is C35H33FN4O3. The number of piperazine rings is 1. The minimum absolute atomic E-state index is 0.0959. The molecule has 0 saturated carbocycles. The Morgan fingerprint density at radius 3 is 1.98 bits per heavy atom. The lowest BCUT2D eigenvalue weighted by Crippen LogP contribution is -2.50. The highest BCUT2D eigenvalue weighted by Gasteiger charge is 2.30. The van der Waals surface area contributed by atoms with Crippen LogP contribution < -0.4 is 9.47 Å². The Balaban J connectivity index is 1.30. The van der Waals surface area contributed by atoms with Crippen molar-refractivity contribution in [1.29, 1.82) is 0 Å². The smallest absolute Gasteiger partial charge is 0.272 e. The minimum atomic E-state index is -0.358. The molecule has 1 amide bonds. The topological polar surface area (TPSA) is 59.8 Å². The molecule has 1 fully saturated rings.